The first-order valence-corrected chi connectivity index (χ1v) is 11.6. The van der Waals surface area contributed by atoms with Gasteiger partial charge in [-0.2, -0.15) is 0 Å². The van der Waals surface area contributed by atoms with Gasteiger partial charge in [-0.1, -0.05) is 78.9 Å². The van der Waals surface area contributed by atoms with Crippen LogP contribution >= 0.6 is 0 Å². The molecule has 0 radical (unpaired) electrons. The van der Waals surface area contributed by atoms with Crippen LogP contribution in [0.15, 0.2) is 78.9 Å². The average Bonchev–Trinajstić information content (AvgIpc) is 3.16. The van der Waals surface area contributed by atoms with Gasteiger partial charge < -0.3 is 20.5 Å². The fraction of sp³-hybridized carbons (Fsp3) is 0.250. The molecule has 2 amide bonds. The van der Waals surface area contributed by atoms with Gasteiger partial charge in [0, 0.05) is 18.4 Å². The number of rotatable bonds is 9. The van der Waals surface area contributed by atoms with Crippen LogP contribution < -0.4 is 10.6 Å². The Balaban J connectivity index is 1.44. The molecule has 7 heteroatoms. The number of carboxylic acid groups (broad SMARTS) is 1. The van der Waals surface area contributed by atoms with Crippen LogP contribution in [0.1, 0.15) is 36.0 Å². The van der Waals surface area contributed by atoms with E-state index in [0.717, 1.165) is 27.8 Å². The van der Waals surface area contributed by atoms with Crippen molar-refractivity contribution in [3.8, 4) is 11.1 Å². The summed E-state index contributed by atoms with van der Waals surface area (Å²) in [5, 5.41) is 14.3. The van der Waals surface area contributed by atoms with Crippen LogP contribution in [-0.2, 0) is 20.7 Å². The third kappa shape index (κ3) is 5.87. The van der Waals surface area contributed by atoms with Crippen LogP contribution in [-0.4, -0.2) is 41.8 Å². The van der Waals surface area contributed by atoms with Crippen LogP contribution in [0.4, 0.5) is 4.79 Å². The van der Waals surface area contributed by atoms with Gasteiger partial charge in [0.1, 0.15) is 12.6 Å². The molecule has 180 valence electrons. The molecule has 0 spiro atoms. The first-order chi connectivity index (χ1) is 16.9. The molecule has 2 unspecified atom stereocenters. The van der Waals surface area contributed by atoms with Crippen molar-refractivity contribution in [1.82, 2.24) is 10.6 Å². The van der Waals surface area contributed by atoms with E-state index in [1.807, 2.05) is 66.7 Å². The summed E-state index contributed by atoms with van der Waals surface area (Å²) in [5.41, 5.74) is 5.32. The molecule has 3 aromatic rings. The molecular formula is C28H28N2O5. The standard InChI is InChI=1S/C28H28N2O5/c1-18(15-26(31)32)29-27(33)25(16-19-9-3-2-4-10-19)30-28(34)35-17-24-22-13-7-5-11-20(22)21-12-6-8-14-23(21)24/h2-14,18,24-25H,15-17H2,1H3,(H,29,33)(H,30,34)(H,31,32). The highest BCUT2D eigenvalue weighted by Crippen LogP contribution is 2.44. The summed E-state index contributed by atoms with van der Waals surface area (Å²) in [6.45, 7) is 1.74. The summed E-state index contributed by atoms with van der Waals surface area (Å²) in [6, 6.07) is 23.9. The van der Waals surface area contributed by atoms with Crippen molar-refractivity contribution >= 4 is 18.0 Å². The van der Waals surface area contributed by atoms with Gasteiger partial charge in [0.15, 0.2) is 0 Å². The number of aliphatic carboxylic acids is 1. The molecule has 0 heterocycles. The largest absolute Gasteiger partial charge is 0.481 e. The Morgan fingerprint density at radius 2 is 1.43 bits per heavy atom. The Hall–Kier alpha value is -4.13. The summed E-state index contributed by atoms with van der Waals surface area (Å²) >= 11 is 0. The van der Waals surface area contributed by atoms with Gasteiger partial charge in [0.05, 0.1) is 6.42 Å². The lowest BCUT2D eigenvalue weighted by atomic mass is 9.98. The predicted molar refractivity (Wildman–Crippen MR) is 132 cm³/mol. The van der Waals surface area contributed by atoms with Crippen LogP contribution in [0.3, 0.4) is 0 Å². The van der Waals surface area contributed by atoms with Gasteiger partial charge in [-0.3, -0.25) is 9.59 Å². The van der Waals surface area contributed by atoms with E-state index in [1.54, 1.807) is 6.92 Å². The minimum atomic E-state index is -1.01. The monoisotopic (exact) mass is 472 g/mol. The Bertz CT molecular complexity index is 1170. The number of carbonyl (C=O) groups excluding carboxylic acids is 2. The molecule has 0 saturated heterocycles. The Morgan fingerprint density at radius 1 is 0.857 bits per heavy atom. The smallest absolute Gasteiger partial charge is 0.407 e. The van der Waals surface area contributed by atoms with E-state index >= 15 is 0 Å². The molecule has 7 nitrogen and oxygen atoms in total. The third-order valence-corrected chi connectivity index (χ3v) is 6.10. The Kier molecular flexibility index (Phi) is 7.45. The fourth-order valence-corrected chi connectivity index (χ4v) is 4.50. The zero-order valence-corrected chi connectivity index (χ0v) is 19.4. The molecule has 3 N–H and O–H groups in total. The normalized spacial score (nSPS) is 13.7. The number of carbonyl (C=O) groups is 3. The lowest BCUT2D eigenvalue weighted by Gasteiger charge is -2.21. The molecule has 4 rings (SSSR count). The lowest BCUT2D eigenvalue weighted by Crippen LogP contribution is -2.50. The van der Waals surface area contributed by atoms with Gasteiger partial charge in [-0.15, -0.1) is 0 Å². The second-order valence-corrected chi connectivity index (χ2v) is 8.72. The molecule has 3 aromatic carbocycles. The van der Waals surface area contributed by atoms with Crippen LogP contribution in [0.25, 0.3) is 11.1 Å². The minimum absolute atomic E-state index is 0.0925. The molecule has 0 aliphatic heterocycles. The van der Waals surface area contributed by atoms with Gasteiger partial charge in [0.25, 0.3) is 0 Å². The molecule has 2 atom stereocenters. The van der Waals surface area contributed by atoms with Crippen LogP contribution in [0.2, 0.25) is 0 Å². The van der Waals surface area contributed by atoms with Crippen molar-refractivity contribution in [3.63, 3.8) is 0 Å². The van der Waals surface area contributed by atoms with Crippen molar-refractivity contribution in [2.75, 3.05) is 6.61 Å². The molecule has 0 fully saturated rings. The number of hydrogen-bond acceptors (Lipinski definition) is 4. The van der Waals surface area contributed by atoms with E-state index in [0.29, 0.717) is 0 Å². The van der Waals surface area contributed by atoms with Crippen LogP contribution in [0, 0.1) is 0 Å². The van der Waals surface area contributed by atoms with Crippen molar-refractivity contribution < 1.29 is 24.2 Å². The molecule has 0 saturated carbocycles. The van der Waals surface area contributed by atoms with E-state index in [2.05, 4.69) is 22.8 Å². The topological polar surface area (TPSA) is 105 Å². The molecule has 1 aliphatic rings. The zero-order chi connectivity index (χ0) is 24.8. The number of carboxylic acids is 1. The summed E-state index contributed by atoms with van der Waals surface area (Å²) in [5.74, 6) is -1.57. The SMILES string of the molecule is CC(CC(=O)O)NC(=O)C(Cc1ccccc1)NC(=O)OCC1c2ccccc2-c2ccccc21. The molecular weight excluding hydrogens is 444 g/mol. The average molecular weight is 473 g/mol. The Morgan fingerprint density at radius 3 is 2.03 bits per heavy atom. The van der Waals surface area contributed by atoms with E-state index in [-0.39, 0.29) is 25.4 Å². The van der Waals surface area contributed by atoms with Crippen molar-refractivity contribution in [1.29, 1.82) is 0 Å². The maximum Gasteiger partial charge on any atom is 0.407 e. The van der Waals surface area contributed by atoms with Gasteiger partial charge in [0.2, 0.25) is 5.91 Å². The maximum atomic E-state index is 12.9. The van der Waals surface area contributed by atoms with E-state index in [4.69, 9.17) is 9.84 Å². The van der Waals surface area contributed by atoms with E-state index in [1.165, 1.54) is 0 Å². The van der Waals surface area contributed by atoms with Gasteiger partial charge in [-0.25, -0.2) is 4.79 Å². The zero-order valence-electron chi connectivity index (χ0n) is 19.4. The first kappa shape index (κ1) is 24.0. The van der Waals surface area contributed by atoms with Crippen molar-refractivity contribution in [2.24, 2.45) is 0 Å². The van der Waals surface area contributed by atoms with E-state index < -0.39 is 30.1 Å². The number of alkyl carbamates (subject to hydrolysis) is 1. The minimum Gasteiger partial charge on any atom is -0.481 e. The van der Waals surface area contributed by atoms with Crippen molar-refractivity contribution in [3.05, 3.63) is 95.6 Å². The highest BCUT2D eigenvalue weighted by atomic mass is 16.5. The summed E-state index contributed by atoms with van der Waals surface area (Å²) in [4.78, 5) is 36.6. The fourth-order valence-electron chi connectivity index (χ4n) is 4.50. The van der Waals surface area contributed by atoms with Gasteiger partial charge >= 0.3 is 12.1 Å². The second kappa shape index (κ2) is 10.9. The number of fused-ring (bicyclic) bond motifs is 3. The Labute approximate surface area is 204 Å². The third-order valence-electron chi connectivity index (χ3n) is 6.10. The van der Waals surface area contributed by atoms with Crippen LogP contribution in [0.5, 0.6) is 0 Å². The number of nitrogens with one attached hydrogen (secondary N) is 2. The quantitative estimate of drug-likeness (QED) is 0.435. The summed E-state index contributed by atoms with van der Waals surface area (Å²) in [7, 11) is 0. The summed E-state index contributed by atoms with van der Waals surface area (Å²) < 4.78 is 5.60. The number of amides is 2. The molecule has 0 aromatic heterocycles. The van der Waals surface area contributed by atoms with Gasteiger partial charge in [-0.05, 0) is 34.7 Å². The second-order valence-electron chi connectivity index (χ2n) is 8.72. The lowest BCUT2D eigenvalue weighted by molar-refractivity contribution is -0.137. The number of benzene rings is 3. The predicted octanol–water partition coefficient (Wildman–Crippen LogP) is 4.12. The highest BCUT2D eigenvalue weighted by molar-refractivity contribution is 5.86. The molecule has 1 aliphatic carbocycles. The van der Waals surface area contributed by atoms with Crippen molar-refractivity contribution in [2.45, 2.75) is 37.8 Å². The highest BCUT2D eigenvalue weighted by Gasteiger charge is 2.30. The summed E-state index contributed by atoms with van der Waals surface area (Å²) in [6.07, 6.45) is -0.667. The molecule has 35 heavy (non-hydrogen) atoms. The first-order valence-electron chi connectivity index (χ1n) is 11.6. The number of ether oxygens (including phenoxy) is 1. The molecule has 0 bridgehead atoms. The maximum absolute atomic E-state index is 12.9. The van der Waals surface area contributed by atoms with E-state index in [9.17, 15) is 14.4 Å². The number of hydrogen-bond donors (Lipinski definition) is 3.